The quantitative estimate of drug-likeness (QED) is 0.832. The maximum Gasteiger partial charge on any atom is 0.122 e. The van der Waals surface area contributed by atoms with Gasteiger partial charge < -0.3 is 14.9 Å². The second-order valence-electron chi connectivity index (χ2n) is 3.79. The fourth-order valence-corrected chi connectivity index (χ4v) is 1.68. The Morgan fingerprint density at radius 3 is 2.69 bits per heavy atom. The molecule has 0 aliphatic rings. The maximum atomic E-state index is 9.28. The van der Waals surface area contributed by atoms with Gasteiger partial charge in [-0.15, -0.1) is 0 Å². The van der Waals surface area contributed by atoms with Crippen molar-refractivity contribution in [2.45, 2.75) is 25.9 Å². The Bertz CT molecular complexity index is 352. The fourth-order valence-electron chi connectivity index (χ4n) is 1.50. The molecule has 1 rings (SSSR count). The molecule has 3 nitrogen and oxygen atoms in total. The van der Waals surface area contributed by atoms with Gasteiger partial charge in [0.05, 0.1) is 19.8 Å². The second kappa shape index (κ2) is 6.09. The van der Waals surface area contributed by atoms with Crippen LogP contribution >= 0.6 is 11.6 Å². The number of aryl methyl sites for hydroxylation is 2. The van der Waals surface area contributed by atoms with Crippen LogP contribution in [0.25, 0.3) is 0 Å². The van der Waals surface area contributed by atoms with Crippen LogP contribution in [0.1, 0.15) is 17.5 Å². The standard InChI is InChI=1S/C12H17ClO3/c1-8-5-12(16-2)9(6-11(8)13)3-4-10(15)7-14/h5-6,10,14-15H,3-4,7H2,1-2H3. The summed E-state index contributed by atoms with van der Waals surface area (Å²) in [4.78, 5) is 0. The summed E-state index contributed by atoms with van der Waals surface area (Å²) in [5.74, 6) is 0.770. The van der Waals surface area contributed by atoms with Crippen LogP contribution in [0.3, 0.4) is 0 Å². The zero-order valence-electron chi connectivity index (χ0n) is 9.53. The molecular weight excluding hydrogens is 228 g/mol. The normalized spacial score (nSPS) is 12.6. The van der Waals surface area contributed by atoms with Crippen molar-refractivity contribution < 1.29 is 14.9 Å². The summed E-state index contributed by atoms with van der Waals surface area (Å²) in [6.45, 7) is 1.69. The number of rotatable bonds is 5. The van der Waals surface area contributed by atoms with Gasteiger partial charge in [-0.3, -0.25) is 0 Å². The number of halogens is 1. The predicted molar refractivity (Wildman–Crippen MR) is 64.2 cm³/mol. The molecule has 0 bridgehead atoms. The highest BCUT2D eigenvalue weighted by Gasteiger charge is 2.09. The molecule has 0 radical (unpaired) electrons. The van der Waals surface area contributed by atoms with E-state index in [2.05, 4.69) is 0 Å². The lowest BCUT2D eigenvalue weighted by Gasteiger charge is -2.12. The van der Waals surface area contributed by atoms with E-state index in [0.29, 0.717) is 17.9 Å². The van der Waals surface area contributed by atoms with E-state index >= 15 is 0 Å². The SMILES string of the molecule is COc1cc(C)c(Cl)cc1CCC(O)CO. The van der Waals surface area contributed by atoms with E-state index < -0.39 is 6.10 Å². The lowest BCUT2D eigenvalue weighted by Crippen LogP contribution is -2.12. The molecule has 0 spiro atoms. The van der Waals surface area contributed by atoms with Crippen molar-refractivity contribution in [2.75, 3.05) is 13.7 Å². The van der Waals surface area contributed by atoms with Crippen molar-refractivity contribution in [3.63, 3.8) is 0 Å². The van der Waals surface area contributed by atoms with E-state index in [4.69, 9.17) is 21.4 Å². The van der Waals surface area contributed by atoms with E-state index in [-0.39, 0.29) is 6.61 Å². The van der Waals surface area contributed by atoms with Crippen LogP contribution in [0.5, 0.6) is 5.75 Å². The molecule has 0 aliphatic carbocycles. The molecule has 0 aliphatic heterocycles. The first-order valence-corrected chi connectivity index (χ1v) is 5.58. The summed E-state index contributed by atoms with van der Waals surface area (Å²) >= 11 is 6.02. The molecule has 0 saturated heterocycles. The van der Waals surface area contributed by atoms with Crippen LogP contribution in [-0.2, 0) is 6.42 Å². The van der Waals surface area contributed by atoms with Gasteiger partial charge in [0.15, 0.2) is 0 Å². The van der Waals surface area contributed by atoms with Crippen LogP contribution < -0.4 is 4.74 Å². The van der Waals surface area contributed by atoms with Crippen molar-refractivity contribution in [1.82, 2.24) is 0 Å². The van der Waals surface area contributed by atoms with Crippen molar-refractivity contribution in [2.24, 2.45) is 0 Å². The van der Waals surface area contributed by atoms with Crippen LogP contribution in [0.4, 0.5) is 0 Å². The van der Waals surface area contributed by atoms with Crippen LogP contribution in [0.2, 0.25) is 5.02 Å². The highest BCUT2D eigenvalue weighted by molar-refractivity contribution is 6.31. The lowest BCUT2D eigenvalue weighted by molar-refractivity contribution is 0.0884. The molecule has 90 valence electrons. The molecule has 0 aromatic heterocycles. The van der Waals surface area contributed by atoms with Crippen LogP contribution in [-0.4, -0.2) is 30.0 Å². The number of ether oxygens (including phenoxy) is 1. The van der Waals surface area contributed by atoms with Crippen LogP contribution in [0, 0.1) is 6.92 Å². The minimum atomic E-state index is -0.690. The molecule has 0 saturated carbocycles. The number of hydrogen-bond donors (Lipinski definition) is 2. The molecular formula is C12H17ClO3. The van der Waals surface area contributed by atoms with E-state index in [9.17, 15) is 5.11 Å². The molecule has 4 heteroatoms. The number of methoxy groups -OCH3 is 1. The van der Waals surface area contributed by atoms with Crippen molar-refractivity contribution in [1.29, 1.82) is 0 Å². The summed E-state index contributed by atoms with van der Waals surface area (Å²) in [6.07, 6.45) is 0.432. The maximum absolute atomic E-state index is 9.28. The van der Waals surface area contributed by atoms with E-state index in [1.807, 2.05) is 19.1 Å². The number of aliphatic hydroxyl groups excluding tert-OH is 2. The fraction of sp³-hybridized carbons (Fsp3) is 0.500. The van der Waals surface area contributed by atoms with E-state index in [0.717, 1.165) is 16.9 Å². The van der Waals surface area contributed by atoms with E-state index in [1.54, 1.807) is 7.11 Å². The topological polar surface area (TPSA) is 49.7 Å². The molecule has 0 heterocycles. The first-order valence-electron chi connectivity index (χ1n) is 5.20. The van der Waals surface area contributed by atoms with Gasteiger partial charge in [0, 0.05) is 5.02 Å². The second-order valence-corrected chi connectivity index (χ2v) is 4.20. The monoisotopic (exact) mass is 244 g/mol. The first kappa shape index (κ1) is 13.3. The summed E-state index contributed by atoms with van der Waals surface area (Å²) < 4.78 is 5.24. The van der Waals surface area contributed by atoms with Gasteiger partial charge in [-0.1, -0.05) is 11.6 Å². The Hall–Kier alpha value is -0.770. The molecule has 0 fully saturated rings. The van der Waals surface area contributed by atoms with Gasteiger partial charge in [-0.2, -0.15) is 0 Å². The Morgan fingerprint density at radius 1 is 1.44 bits per heavy atom. The zero-order valence-corrected chi connectivity index (χ0v) is 10.3. The van der Waals surface area contributed by atoms with Crippen LogP contribution in [0.15, 0.2) is 12.1 Å². The van der Waals surface area contributed by atoms with Gasteiger partial charge in [-0.05, 0) is 43.0 Å². The number of hydrogen-bond acceptors (Lipinski definition) is 3. The summed E-state index contributed by atoms with van der Waals surface area (Å²) in [5.41, 5.74) is 1.91. The Morgan fingerprint density at radius 2 is 2.12 bits per heavy atom. The van der Waals surface area contributed by atoms with Crippen molar-refractivity contribution in [3.05, 3.63) is 28.3 Å². The number of benzene rings is 1. The van der Waals surface area contributed by atoms with Gasteiger partial charge in [0.25, 0.3) is 0 Å². The summed E-state index contributed by atoms with van der Waals surface area (Å²) in [6, 6.07) is 3.73. The third kappa shape index (κ3) is 3.37. The Kier molecular flexibility index (Phi) is 5.06. The first-order chi connectivity index (χ1) is 7.58. The smallest absolute Gasteiger partial charge is 0.122 e. The van der Waals surface area contributed by atoms with E-state index in [1.165, 1.54) is 0 Å². The molecule has 1 atom stereocenters. The molecule has 1 aromatic carbocycles. The minimum Gasteiger partial charge on any atom is -0.496 e. The highest BCUT2D eigenvalue weighted by Crippen LogP contribution is 2.27. The van der Waals surface area contributed by atoms with Gasteiger partial charge in [0.2, 0.25) is 0 Å². The molecule has 16 heavy (non-hydrogen) atoms. The third-order valence-electron chi connectivity index (χ3n) is 2.52. The molecule has 1 unspecified atom stereocenters. The van der Waals surface area contributed by atoms with Gasteiger partial charge >= 0.3 is 0 Å². The lowest BCUT2D eigenvalue weighted by atomic mass is 10.0. The zero-order chi connectivity index (χ0) is 12.1. The average molecular weight is 245 g/mol. The minimum absolute atomic E-state index is 0.220. The van der Waals surface area contributed by atoms with Gasteiger partial charge in [-0.25, -0.2) is 0 Å². The highest BCUT2D eigenvalue weighted by atomic mass is 35.5. The predicted octanol–water partition coefficient (Wildman–Crippen LogP) is 1.94. The van der Waals surface area contributed by atoms with Crippen molar-refractivity contribution in [3.8, 4) is 5.75 Å². The average Bonchev–Trinajstić information content (AvgIpc) is 2.29. The molecule has 1 aromatic rings. The summed E-state index contributed by atoms with van der Waals surface area (Å²) in [7, 11) is 1.61. The number of aliphatic hydroxyl groups is 2. The Balaban J connectivity index is 2.81. The van der Waals surface area contributed by atoms with Crippen molar-refractivity contribution >= 4 is 11.6 Å². The summed E-state index contributed by atoms with van der Waals surface area (Å²) in [5, 5.41) is 18.7. The third-order valence-corrected chi connectivity index (χ3v) is 2.93. The largest absolute Gasteiger partial charge is 0.496 e. The Labute approximate surface area is 101 Å². The molecule has 2 N–H and O–H groups in total. The van der Waals surface area contributed by atoms with Gasteiger partial charge in [0.1, 0.15) is 5.75 Å². The molecule has 0 amide bonds.